The highest BCUT2D eigenvalue weighted by Crippen LogP contribution is 2.36. The van der Waals surface area contributed by atoms with Gasteiger partial charge >= 0.3 is 12.1 Å². The third-order valence-corrected chi connectivity index (χ3v) is 4.77. The molecule has 7 heteroatoms. The van der Waals surface area contributed by atoms with Gasteiger partial charge in [-0.2, -0.15) is 13.2 Å². The van der Waals surface area contributed by atoms with Gasteiger partial charge in [-0.05, 0) is 43.9 Å². The minimum Gasteiger partial charge on any atom is -0.481 e. The monoisotopic (exact) mass is 359 g/mol. The van der Waals surface area contributed by atoms with Crippen molar-refractivity contribution in [2.24, 2.45) is 5.41 Å². The first-order valence-electron chi connectivity index (χ1n) is 8.38. The van der Waals surface area contributed by atoms with Gasteiger partial charge in [-0.1, -0.05) is 18.2 Å². The maximum absolute atomic E-state index is 12.8. The van der Waals surface area contributed by atoms with Crippen molar-refractivity contribution in [3.63, 3.8) is 0 Å². The van der Waals surface area contributed by atoms with E-state index in [-0.39, 0.29) is 0 Å². The van der Waals surface area contributed by atoms with E-state index in [1.165, 1.54) is 6.07 Å². The first-order valence-corrected chi connectivity index (χ1v) is 8.38. The van der Waals surface area contributed by atoms with Crippen LogP contribution >= 0.6 is 0 Å². The van der Waals surface area contributed by atoms with Gasteiger partial charge in [0.15, 0.2) is 0 Å². The van der Waals surface area contributed by atoms with Gasteiger partial charge in [0.2, 0.25) is 0 Å². The Labute approximate surface area is 145 Å². The average molecular weight is 359 g/mol. The zero-order valence-electron chi connectivity index (χ0n) is 14.3. The van der Waals surface area contributed by atoms with Crippen LogP contribution < -0.4 is 0 Å². The predicted molar refractivity (Wildman–Crippen MR) is 87.1 cm³/mol. The van der Waals surface area contributed by atoms with Gasteiger partial charge in [0.05, 0.1) is 11.0 Å². The molecule has 0 amide bonds. The molecule has 2 rings (SSSR count). The lowest BCUT2D eigenvalue weighted by molar-refractivity contribution is -0.153. The number of hydrogen-bond donors (Lipinski definition) is 1. The SMILES string of the molecule is COCCC[C@]1(C(=O)O)CCCN(Cc2cccc(C(F)(F)F)c2)C1. The highest BCUT2D eigenvalue weighted by atomic mass is 19.4. The summed E-state index contributed by atoms with van der Waals surface area (Å²) < 4.78 is 43.5. The highest BCUT2D eigenvalue weighted by Gasteiger charge is 2.41. The van der Waals surface area contributed by atoms with Crippen LogP contribution in [0.15, 0.2) is 24.3 Å². The number of carboxylic acids is 1. The van der Waals surface area contributed by atoms with E-state index >= 15 is 0 Å². The van der Waals surface area contributed by atoms with Crippen LogP contribution in [0.4, 0.5) is 13.2 Å². The quantitative estimate of drug-likeness (QED) is 0.753. The number of carbonyl (C=O) groups is 1. The molecule has 0 bridgehead atoms. The smallest absolute Gasteiger partial charge is 0.416 e. The molecule has 25 heavy (non-hydrogen) atoms. The zero-order valence-corrected chi connectivity index (χ0v) is 14.3. The van der Waals surface area contributed by atoms with Crippen LogP contribution in [0, 0.1) is 5.41 Å². The molecule has 1 aliphatic heterocycles. The molecule has 140 valence electrons. The topological polar surface area (TPSA) is 49.8 Å². The summed E-state index contributed by atoms with van der Waals surface area (Å²) in [6.45, 7) is 1.86. The molecule has 4 nitrogen and oxygen atoms in total. The summed E-state index contributed by atoms with van der Waals surface area (Å²) in [6, 6.07) is 5.23. The van der Waals surface area contributed by atoms with E-state index in [0.29, 0.717) is 51.1 Å². The van der Waals surface area contributed by atoms with Crippen molar-refractivity contribution < 1.29 is 27.8 Å². The standard InChI is InChI=1S/C18H24F3NO3/c1-25-10-4-8-17(16(23)24)7-3-9-22(13-17)12-14-5-2-6-15(11-14)18(19,20)21/h2,5-6,11H,3-4,7-10,12-13H2,1H3,(H,23,24)/t17-/m1/s1. The molecule has 0 aliphatic carbocycles. The Morgan fingerprint density at radius 2 is 2.16 bits per heavy atom. The molecule has 1 aromatic rings. The fraction of sp³-hybridized carbons (Fsp3) is 0.611. The molecule has 1 atom stereocenters. The van der Waals surface area contributed by atoms with Gasteiger partial charge in [-0.3, -0.25) is 9.69 Å². The van der Waals surface area contributed by atoms with Crippen LogP contribution in [-0.4, -0.2) is 42.8 Å². The Bertz CT molecular complexity index is 591. The number of carboxylic acid groups (broad SMARTS) is 1. The Kier molecular flexibility index (Phi) is 6.46. The van der Waals surface area contributed by atoms with Gasteiger partial charge in [-0.15, -0.1) is 0 Å². The van der Waals surface area contributed by atoms with E-state index in [2.05, 4.69) is 0 Å². The third-order valence-electron chi connectivity index (χ3n) is 4.77. The van der Waals surface area contributed by atoms with E-state index in [1.807, 2.05) is 4.90 Å². The summed E-state index contributed by atoms with van der Waals surface area (Å²) in [5, 5.41) is 9.71. The minimum atomic E-state index is -4.37. The molecule has 0 radical (unpaired) electrons. The van der Waals surface area contributed by atoms with Gasteiger partial charge in [0.1, 0.15) is 0 Å². The average Bonchev–Trinajstić information content (AvgIpc) is 2.55. The number of halogens is 3. The van der Waals surface area contributed by atoms with Crippen molar-refractivity contribution in [2.75, 3.05) is 26.8 Å². The van der Waals surface area contributed by atoms with E-state index in [4.69, 9.17) is 4.74 Å². The van der Waals surface area contributed by atoms with Crippen molar-refractivity contribution in [1.82, 2.24) is 4.90 Å². The molecular weight excluding hydrogens is 335 g/mol. The van der Waals surface area contributed by atoms with E-state index in [0.717, 1.165) is 18.6 Å². The number of ether oxygens (including phenoxy) is 1. The lowest BCUT2D eigenvalue weighted by atomic mass is 9.76. The van der Waals surface area contributed by atoms with Gasteiger partial charge in [0.25, 0.3) is 0 Å². The summed E-state index contributed by atoms with van der Waals surface area (Å²) in [6.07, 6.45) is -1.90. The van der Waals surface area contributed by atoms with Crippen molar-refractivity contribution in [3.8, 4) is 0 Å². The number of piperidine rings is 1. The van der Waals surface area contributed by atoms with Crippen LogP contribution in [-0.2, 0) is 22.3 Å². The van der Waals surface area contributed by atoms with Crippen LogP contribution in [0.5, 0.6) is 0 Å². The number of aliphatic carboxylic acids is 1. The minimum absolute atomic E-state index is 0.323. The second kappa shape index (κ2) is 8.19. The molecule has 0 aromatic heterocycles. The Morgan fingerprint density at radius 3 is 2.80 bits per heavy atom. The molecular formula is C18H24F3NO3. The first-order chi connectivity index (χ1) is 11.8. The highest BCUT2D eigenvalue weighted by molar-refractivity contribution is 5.75. The third kappa shape index (κ3) is 5.19. The van der Waals surface area contributed by atoms with Crippen molar-refractivity contribution >= 4 is 5.97 Å². The Morgan fingerprint density at radius 1 is 1.40 bits per heavy atom. The van der Waals surface area contributed by atoms with E-state index in [9.17, 15) is 23.1 Å². The van der Waals surface area contributed by atoms with Crippen molar-refractivity contribution in [1.29, 1.82) is 0 Å². The Balaban J connectivity index is 2.08. The van der Waals surface area contributed by atoms with Crippen molar-refractivity contribution in [2.45, 2.75) is 38.4 Å². The maximum atomic E-state index is 12.8. The lowest BCUT2D eigenvalue weighted by Gasteiger charge is -2.40. The summed E-state index contributed by atoms with van der Waals surface area (Å²) in [5.41, 5.74) is -0.974. The second-order valence-corrected chi connectivity index (χ2v) is 6.69. The molecule has 0 spiro atoms. The van der Waals surface area contributed by atoms with Gasteiger partial charge in [0, 0.05) is 26.8 Å². The van der Waals surface area contributed by atoms with Crippen LogP contribution in [0.1, 0.15) is 36.8 Å². The summed E-state index contributed by atoms with van der Waals surface area (Å²) in [4.78, 5) is 13.8. The normalized spacial score (nSPS) is 22.1. The number of rotatable bonds is 7. The fourth-order valence-corrected chi connectivity index (χ4v) is 3.51. The molecule has 0 unspecified atom stereocenters. The van der Waals surface area contributed by atoms with Crippen LogP contribution in [0.3, 0.4) is 0 Å². The van der Waals surface area contributed by atoms with Gasteiger partial charge in [-0.25, -0.2) is 0 Å². The number of benzene rings is 1. The number of alkyl halides is 3. The summed E-state index contributed by atoms with van der Waals surface area (Å²) >= 11 is 0. The zero-order chi connectivity index (χ0) is 18.5. The molecule has 1 aromatic carbocycles. The van der Waals surface area contributed by atoms with Crippen LogP contribution in [0.2, 0.25) is 0 Å². The van der Waals surface area contributed by atoms with Crippen LogP contribution in [0.25, 0.3) is 0 Å². The predicted octanol–water partition coefficient (Wildman–Crippen LogP) is 3.80. The van der Waals surface area contributed by atoms with E-state index in [1.54, 1.807) is 13.2 Å². The molecule has 1 heterocycles. The Hall–Kier alpha value is -1.60. The number of methoxy groups -OCH3 is 1. The van der Waals surface area contributed by atoms with Gasteiger partial charge < -0.3 is 9.84 Å². The molecule has 1 saturated heterocycles. The first kappa shape index (κ1) is 19.7. The fourth-order valence-electron chi connectivity index (χ4n) is 3.51. The van der Waals surface area contributed by atoms with Crippen molar-refractivity contribution in [3.05, 3.63) is 35.4 Å². The maximum Gasteiger partial charge on any atom is 0.416 e. The number of nitrogens with zero attached hydrogens (tertiary/aromatic N) is 1. The van der Waals surface area contributed by atoms with E-state index < -0.39 is 23.1 Å². The number of likely N-dealkylation sites (tertiary alicyclic amines) is 1. The lowest BCUT2D eigenvalue weighted by Crippen LogP contribution is -2.47. The second-order valence-electron chi connectivity index (χ2n) is 6.69. The largest absolute Gasteiger partial charge is 0.481 e. The number of hydrogen-bond acceptors (Lipinski definition) is 3. The molecule has 1 aliphatic rings. The summed E-state index contributed by atoms with van der Waals surface area (Å²) in [7, 11) is 1.58. The molecule has 1 N–H and O–H groups in total. The summed E-state index contributed by atoms with van der Waals surface area (Å²) in [5.74, 6) is -0.836. The molecule has 0 saturated carbocycles. The molecule has 1 fully saturated rings.